The van der Waals surface area contributed by atoms with Crippen molar-refractivity contribution in [2.24, 2.45) is 0 Å². The number of ether oxygens (including phenoxy) is 2. The van der Waals surface area contributed by atoms with Gasteiger partial charge in [-0.2, -0.15) is 0 Å². The number of hydrogen-bond donors (Lipinski definition) is 5. The SMILES string of the molecule is O=C([O-])[C@H](CO)OC1OC(CO)[C@H](O)[C@H](O)C1O.[K+]. The summed E-state index contributed by atoms with van der Waals surface area (Å²) in [5, 5.41) is 56.4. The molecule has 1 saturated heterocycles. The average Bonchev–Trinajstić information content (AvgIpc) is 2.35. The molecule has 10 heteroatoms. The summed E-state index contributed by atoms with van der Waals surface area (Å²) in [5.41, 5.74) is 0. The van der Waals surface area contributed by atoms with E-state index >= 15 is 0 Å². The van der Waals surface area contributed by atoms with Gasteiger partial charge in [-0.3, -0.25) is 0 Å². The Morgan fingerprint density at radius 1 is 1.21 bits per heavy atom. The Morgan fingerprint density at radius 3 is 2.21 bits per heavy atom. The van der Waals surface area contributed by atoms with Crippen LogP contribution in [0.2, 0.25) is 0 Å². The first-order valence-corrected chi connectivity index (χ1v) is 5.20. The number of aliphatic hydroxyl groups excluding tert-OH is 5. The van der Waals surface area contributed by atoms with Crippen molar-refractivity contribution >= 4 is 5.97 Å². The fourth-order valence-electron chi connectivity index (χ4n) is 1.51. The van der Waals surface area contributed by atoms with E-state index in [1.165, 1.54) is 0 Å². The monoisotopic (exact) mass is 306 g/mol. The molecule has 19 heavy (non-hydrogen) atoms. The van der Waals surface area contributed by atoms with Gasteiger partial charge in [0.1, 0.15) is 30.5 Å². The van der Waals surface area contributed by atoms with Crippen molar-refractivity contribution in [2.45, 2.75) is 36.8 Å². The Labute approximate surface area is 151 Å². The van der Waals surface area contributed by atoms with Crippen LogP contribution in [0.4, 0.5) is 0 Å². The standard InChI is InChI=1S/C9H16O9.K/c10-1-3-5(12)6(13)7(14)9(17-3)18-4(2-11)8(15)16;/h3-7,9-14H,1-2H2,(H,15,16);/q;+1/p-1/t3?,4-,5-,6-,7?,9?;/m0./s1. The van der Waals surface area contributed by atoms with Crippen LogP contribution in [0, 0.1) is 0 Å². The number of carboxylic acids is 1. The molecule has 9 nitrogen and oxygen atoms in total. The van der Waals surface area contributed by atoms with Crippen LogP contribution in [0.3, 0.4) is 0 Å². The van der Waals surface area contributed by atoms with Crippen molar-refractivity contribution in [3.63, 3.8) is 0 Å². The summed E-state index contributed by atoms with van der Waals surface area (Å²) in [6.45, 7) is -1.59. The van der Waals surface area contributed by atoms with Gasteiger partial charge in [-0.15, -0.1) is 0 Å². The van der Waals surface area contributed by atoms with E-state index in [0.717, 1.165) is 0 Å². The van der Waals surface area contributed by atoms with Crippen LogP contribution in [0.15, 0.2) is 0 Å². The maximum atomic E-state index is 10.5. The van der Waals surface area contributed by atoms with Gasteiger partial charge < -0.3 is 44.9 Å². The Hall–Kier alpha value is 0.826. The minimum Gasteiger partial charge on any atom is -0.547 e. The van der Waals surface area contributed by atoms with Crippen molar-refractivity contribution in [1.29, 1.82) is 0 Å². The summed E-state index contributed by atoms with van der Waals surface area (Å²) in [4.78, 5) is 10.5. The van der Waals surface area contributed by atoms with Gasteiger partial charge in [-0.1, -0.05) is 0 Å². The molecule has 1 aliphatic rings. The Kier molecular flexibility index (Phi) is 9.36. The van der Waals surface area contributed by atoms with Gasteiger partial charge in [0.15, 0.2) is 6.29 Å². The molecule has 0 amide bonds. The first kappa shape index (κ1) is 19.8. The molecule has 0 aromatic rings. The van der Waals surface area contributed by atoms with Crippen molar-refractivity contribution in [1.82, 2.24) is 0 Å². The van der Waals surface area contributed by atoms with Crippen molar-refractivity contribution in [3.8, 4) is 0 Å². The molecule has 0 aromatic heterocycles. The molecule has 0 spiro atoms. The van der Waals surface area contributed by atoms with E-state index in [4.69, 9.17) is 19.7 Å². The third-order valence-electron chi connectivity index (χ3n) is 2.58. The third-order valence-corrected chi connectivity index (χ3v) is 2.58. The number of rotatable bonds is 5. The van der Waals surface area contributed by atoms with E-state index in [1.54, 1.807) is 0 Å². The predicted molar refractivity (Wildman–Crippen MR) is 50.7 cm³/mol. The van der Waals surface area contributed by atoms with Crippen LogP contribution in [-0.4, -0.2) is 81.5 Å². The van der Waals surface area contributed by atoms with E-state index < -0.39 is 56.0 Å². The van der Waals surface area contributed by atoms with Crippen LogP contribution in [0.1, 0.15) is 0 Å². The van der Waals surface area contributed by atoms with Crippen molar-refractivity contribution in [2.75, 3.05) is 13.2 Å². The molecule has 0 aliphatic carbocycles. The van der Waals surface area contributed by atoms with Gasteiger partial charge in [0.25, 0.3) is 0 Å². The van der Waals surface area contributed by atoms with E-state index in [0.29, 0.717) is 0 Å². The molecule has 1 fully saturated rings. The third kappa shape index (κ3) is 4.95. The molecule has 0 bridgehead atoms. The van der Waals surface area contributed by atoms with Gasteiger partial charge in [0, 0.05) is 0 Å². The summed E-state index contributed by atoms with van der Waals surface area (Å²) in [6.07, 6.45) is -9.56. The first-order chi connectivity index (χ1) is 8.42. The fourth-order valence-corrected chi connectivity index (χ4v) is 1.51. The maximum Gasteiger partial charge on any atom is 1.00 e. The van der Waals surface area contributed by atoms with Gasteiger partial charge >= 0.3 is 51.4 Å². The second kappa shape index (κ2) is 8.97. The molecule has 3 unspecified atom stereocenters. The zero-order valence-corrected chi connectivity index (χ0v) is 13.4. The molecule has 106 valence electrons. The van der Waals surface area contributed by atoms with Gasteiger partial charge in [-0.25, -0.2) is 0 Å². The maximum absolute atomic E-state index is 10.5. The first-order valence-electron chi connectivity index (χ1n) is 5.20. The van der Waals surface area contributed by atoms with Crippen LogP contribution in [-0.2, 0) is 14.3 Å². The quantitative estimate of drug-likeness (QED) is 0.311. The minimum atomic E-state index is -1.76. The van der Waals surface area contributed by atoms with Crippen LogP contribution < -0.4 is 56.5 Å². The Bertz CT molecular complexity index is 287. The average molecular weight is 306 g/mol. The molecule has 6 atom stereocenters. The summed E-state index contributed by atoms with van der Waals surface area (Å²) < 4.78 is 9.58. The van der Waals surface area contributed by atoms with E-state index in [9.17, 15) is 25.2 Å². The van der Waals surface area contributed by atoms with Gasteiger partial charge in [-0.05, 0) is 0 Å². The summed E-state index contributed by atoms with van der Waals surface area (Å²) in [6, 6.07) is 0. The van der Waals surface area contributed by atoms with Gasteiger partial charge in [0.05, 0.1) is 19.2 Å². The molecule has 0 aromatic carbocycles. The zero-order valence-electron chi connectivity index (χ0n) is 10.2. The number of aliphatic carboxylic acids is 1. The van der Waals surface area contributed by atoms with Crippen LogP contribution >= 0.6 is 0 Å². The number of aliphatic hydroxyl groups is 5. The van der Waals surface area contributed by atoms with Crippen molar-refractivity contribution < 1.29 is 96.3 Å². The molecule has 1 heterocycles. The zero-order chi connectivity index (χ0) is 13.9. The number of carbonyl (C=O) groups is 1. The molecule has 0 saturated carbocycles. The second-order valence-electron chi connectivity index (χ2n) is 3.82. The number of carbonyl (C=O) groups excluding carboxylic acids is 1. The molecule has 1 rings (SSSR count). The second-order valence-corrected chi connectivity index (χ2v) is 3.82. The molecule has 1 aliphatic heterocycles. The normalized spacial score (nSPS) is 36.4. The summed E-state index contributed by atoms with van der Waals surface area (Å²) >= 11 is 0. The Morgan fingerprint density at radius 2 is 1.79 bits per heavy atom. The minimum absolute atomic E-state index is 0. The number of carboxylic acid groups (broad SMARTS) is 1. The van der Waals surface area contributed by atoms with E-state index in [1.807, 2.05) is 0 Å². The number of hydrogen-bond acceptors (Lipinski definition) is 9. The Balaban J connectivity index is 0.00000324. The van der Waals surface area contributed by atoms with Crippen LogP contribution in [0.5, 0.6) is 0 Å². The van der Waals surface area contributed by atoms with Crippen molar-refractivity contribution in [3.05, 3.63) is 0 Å². The fraction of sp³-hybridized carbons (Fsp3) is 0.889. The topological polar surface area (TPSA) is 160 Å². The van der Waals surface area contributed by atoms with Crippen LogP contribution in [0.25, 0.3) is 0 Å². The van der Waals surface area contributed by atoms with Gasteiger partial charge in [0.2, 0.25) is 0 Å². The summed E-state index contributed by atoms with van der Waals surface area (Å²) in [7, 11) is 0. The molecular formula is C9H15KO9. The summed E-state index contributed by atoms with van der Waals surface area (Å²) in [5.74, 6) is -1.73. The van der Waals surface area contributed by atoms with E-state index in [-0.39, 0.29) is 51.4 Å². The van der Waals surface area contributed by atoms with E-state index in [2.05, 4.69) is 0 Å². The predicted octanol–water partition coefficient (Wildman–Crippen LogP) is -8.08. The molecular weight excluding hydrogens is 291 g/mol. The smallest absolute Gasteiger partial charge is 0.547 e. The molecule has 0 radical (unpaired) electrons. The molecule has 5 N–H and O–H groups in total. The largest absolute Gasteiger partial charge is 1.00 e.